The van der Waals surface area contributed by atoms with E-state index in [1.165, 1.54) is 20.8 Å². The Morgan fingerprint density at radius 3 is 1.41 bits per heavy atom. The molecule has 29 heavy (non-hydrogen) atoms. The number of hydrogen-bond acceptors (Lipinski definition) is 10. The molecule has 0 spiro atoms. The summed E-state index contributed by atoms with van der Waals surface area (Å²) < 4.78 is 44.4. The van der Waals surface area contributed by atoms with Crippen LogP contribution in [0.25, 0.3) is 0 Å². The van der Waals surface area contributed by atoms with Gasteiger partial charge in [-0.05, 0) is 19.3 Å². The molecule has 0 aromatic carbocycles. The number of esters is 3. The molecule has 170 valence electrons. The molecule has 0 bridgehead atoms. The molecule has 0 saturated heterocycles. The second kappa shape index (κ2) is 14.5. The highest BCUT2D eigenvalue weighted by atomic mass is 31.2. The number of hydrogen-bond donors (Lipinski definition) is 0. The van der Waals surface area contributed by atoms with Crippen LogP contribution in [0.5, 0.6) is 0 Å². The number of carbonyl (C=O) groups is 3. The third kappa shape index (κ3) is 13.4. The molecule has 11 heteroatoms. The molecular formula is C18H33O10P. The van der Waals surface area contributed by atoms with Gasteiger partial charge in [-0.1, -0.05) is 20.8 Å². The van der Waals surface area contributed by atoms with Gasteiger partial charge in [-0.15, -0.1) is 0 Å². The van der Waals surface area contributed by atoms with Gasteiger partial charge in [-0.2, -0.15) is 0 Å². The van der Waals surface area contributed by atoms with E-state index in [1.807, 2.05) is 0 Å². The summed E-state index contributed by atoms with van der Waals surface area (Å²) in [6.45, 7) is 8.47. The van der Waals surface area contributed by atoms with E-state index in [2.05, 4.69) is 0 Å². The van der Waals surface area contributed by atoms with Gasteiger partial charge in [0.2, 0.25) is 0 Å². The first-order valence-corrected chi connectivity index (χ1v) is 11.1. The lowest BCUT2D eigenvalue weighted by Crippen LogP contribution is -2.26. The Kier molecular flexibility index (Phi) is 13.8. The van der Waals surface area contributed by atoms with Gasteiger partial charge in [0.25, 0.3) is 0 Å². The predicted molar refractivity (Wildman–Crippen MR) is 103 cm³/mol. The van der Waals surface area contributed by atoms with Gasteiger partial charge in [-0.3, -0.25) is 28.0 Å². The minimum atomic E-state index is -4.15. The minimum absolute atomic E-state index is 0.134. The molecule has 0 aliphatic heterocycles. The van der Waals surface area contributed by atoms with Crippen molar-refractivity contribution in [3.8, 4) is 0 Å². The highest BCUT2D eigenvalue weighted by Gasteiger charge is 2.33. The number of phosphoric ester groups is 1. The van der Waals surface area contributed by atoms with Crippen LogP contribution in [0.3, 0.4) is 0 Å². The highest BCUT2D eigenvalue weighted by Crippen LogP contribution is 2.51. The molecule has 3 unspecified atom stereocenters. The first-order valence-electron chi connectivity index (χ1n) is 9.60. The van der Waals surface area contributed by atoms with Gasteiger partial charge in [0, 0.05) is 20.8 Å². The van der Waals surface area contributed by atoms with Gasteiger partial charge >= 0.3 is 25.7 Å². The third-order valence-corrected chi connectivity index (χ3v) is 5.11. The van der Waals surface area contributed by atoms with Crippen molar-refractivity contribution >= 4 is 25.7 Å². The lowest BCUT2D eigenvalue weighted by atomic mass is 10.3. The van der Waals surface area contributed by atoms with Crippen LogP contribution in [-0.2, 0) is 46.7 Å². The number of phosphoric acid groups is 1. The lowest BCUT2D eigenvalue weighted by molar-refractivity contribution is -0.148. The molecule has 0 fully saturated rings. The summed E-state index contributed by atoms with van der Waals surface area (Å²) in [5.41, 5.74) is 0. The zero-order chi connectivity index (χ0) is 22.4. The maximum Gasteiger partial charge on any atom is 0.475 e. The standard InChI is InChI=1S/C18H33O10P/c1-7-16(26-14(5)20)11-24-29(22,25-12-17(8-2)27-15(6)21)28-18(9-3)10-23-13(4)19/h16-18H,7-12H2,1-6H3. The SMILES string of the molecule is CCC(COP(=O)(OCC(CC)OC(C)=O)OC(CC)COC(C)=O)OC(C)=O. The second-order valence-electron chi connectivity index (χ2n) is 6.26. The summed E-state index contributed by atoms with van der Waals surface area (Å²) in [5.74, 6) is -1.51. The van der Waals surface area contributed by atoms with Crippen LogP contribution in [0.1, 0.15) is 60.8 Å². The summed E-state index contributed by atoms with van der Waals surface area (Å²) >= 11 is 0. The minimum Gasteiger partial charge on any atom is -0.463 e. The van der Waals surface area contributed by atoms with Gasteiger partial charge in [-0.25, -0.2) is 4.57 Å². The van der Waals surface area contributed by atoms with Crippen LogP contribution in [0.15, 0.2) is 0 Å². The van der Waals surface area contributed by atoms with Crippen molar-refractivity contribution in [3.63, 3.8) is 0 Å². The molecule has 0 aromatic rings. The van der Waals surface area contributed by atoms with E-state index < -0.39 is 44.0 Å². The summed E-state index contributed by atoms with van der Waals surface area (Å²) in [7, 11) is -4.15. The topological polar surface area (TPSA) is 124 Å². The van der Waals surface area contributed by atoms with Crippen molar-refractivity contribution in [2.24, 2.45) is 0 Å². The summed E-state index contributed by atoms with van der Waals surface area (Å²) in [5, 5.41) is 0. The molecule has 0 aliphatic carbocycles. The molecule has 0 amide bonds. The number of carbonyl (C=O) groups excluding carboxylic acids is 3. The maximum atomic E-state index is 13.2. The molecular weight excluding hydrogens is 407 g/mol. The van der Waals surface area contributed by atoms with E-state index in [4.69, 9.17) is 27.8 Å². The average molecular weight is 440 g/mol. The zero-order valence-electron chi connectivity index (χ0n) is 18.0. The fourth-order valence-corrected chi connectivity index (χ4v) is 3.47. The second-order valence-corrected chi connectivity index (χ2v) is 7.88. The highest BCUT2D eigenvalue weighted by molar-refractivity contribution is 7.48. The van der Waals surface area contributed by atoms with E-state index in [0.29, 0.717) is 19.3 Å². The molecule has 0 N–H and O–H groups in total. The van der Waals surface area contributed by atoms with Gasteiger partial charge in [0.15, 0.2) is 0 Å². The Morgan fingerprint density at radius 2 is 1.10 bits per heavy atom. The smallest absolute Gasteiger partial charge is 0.463 e. The first kappa shape index (κ1) is 27.5. The van der Waals surface area contributed by atoms with Crippen molar-refractivity contribution in [3.05, 3.63) is 0 Å². The molecule has 0 aliphatic rings. The Hall–Kier alpha value is -1.48. The van der Waals surface area contributed by atoms with E-state index >= 15 is 0 Å². The Morgan fingerprint density at radius 1 is 0.690 bits per heavy atom. The van der Waals surface area contributed by atoms with E-state index in [0.717, 1.165) is 0 Å². The molecule has 3 atom stereocenters. The molecule has 0 radical (unpaired) electrons. The predicted octanol–water partition coefficient (Wildman–Crippen LogP) is 3.17. The van der Waals surface area contributed by atoms with Crippen molar-refractivity contribution in [1.29, 1.82) is 0 Å². The first-order chi connectivity index (χ1) is 13.5. The Balaban J connectivity index is 5.20. The monoisotopic (exact) mass is 440 g/mol. The molecule has 10 nitrogen and oxygen atoms in total. The van der Waals surface area contributed by atoms with E-state index in [9.17, 15) is 18.9 Å². The summed E-state index contributed by atoms with van der Waals surface area (Å²) in [4.78, 5) is 33.4. The molecule has 0 rings (SSSR count). The van der Waals surface area contributed by atoms with Gasteiger partial charge in [0.05, 0.1) is 13.2 Å². The summed E-state index contributed by atoms with van der Waals surface area (Å²) in [6, 6.07) is 0. The van der Waals surface area contributed by atoms with E-state index in [-0.39, 0.29) is 19.8 Å². The van der Waals surface area contributed by atoms with Gasteiger partial charge < -0.3 is 14.2 Å². The van der Waals surface area contributed by atoms with Crippen LogP contribution in [0, 0.1) is 0 Å². The van der Waals surface area contributed by atoms with Crippen molar-refractivity contribution in [1.82, 2.24) is 0 Å². The van der Waals surface area contributed by atoms with Crippen molar-refractivity contribution < 1.29 is 46.7 Å². The molecule has 0 aromatic heterocycles. The number of ether oxygens (including phenoxy) is 3. The lowest BCUT2D eigenvalue weighted by Gasteiger charge is -2.26. The van der Waals surface area contributed by atoms with Crippen LogP contribution in [0.2, 0.25) is 0 Å². The number of rotatable bonds is 15. The largest absolute Gasteiger partial charge is 0.475 e. The fraction of sp³-hybridized carbons (Fsp3) is 0.833. The quantitative estimate of drug-likeness (QED) is 0.213. The maximum absolute atomic E-state index is 13.2. The molecule has 0 heterocycles. The van der Waals surface area contributed by atoms with Crippen LogP contribution in [0.4, 0.5) is 0 Å². The van der Waals surface area contributed by atoms with Crippen LogP contribution >= 0.6 is 7.82 Å². The van der Waals surface area contributed by atoms with Crippen LogP contribution < -0.4 is 0 Å². The average Bonchev–Trinajstić information content (AvgIpc) is 2.64. The Labute approximate surface area is 172 Å². The third-order valence-electron chi connectivity index (χ3n) is 3.62. The van der Waals surface area contributed by atoms with Crippen LogP contribution in [-0.4, -0.2) is 56.0 Å². The van der Waals surface area contributed by atoms with Gasteiger partial charge in [0.1, 0.15) is 24.9 Å². The van der Waals surface area contributed by atoms with Crippen molar-refractivity contribution in [2.45, 2.75) is 79.1 Å². The zero-order valence-corrected chi connectivity index (χ0v) is 18.9. The normalized spacial score (nSPS) is 16.2. The Bertz CT molecular complexity index is 533. The van der Waals surface area contributed by atoms with E-state index in [1.54, 1.807) is 20.8 Å². The fourth-order valence-electron chi connectivity index (χ4n) is 2.00. The van der Waals surface area contributed by atoms with Crippen molar-refractivity contribution in [2.75, 3.05) is 19.8 Å². The summed E-state index contributed by atoms with van der Waals surface area (Å²) in [6.07, 6.45) is -0.807. The molecule has 0 saturated carbocycles.